The van der Waals surface area contributed by atoms with Crippen molar-refractivity contribution in [2.45, 2.75) is 31.9 Å². The lowest BCUT2D eigenvalue weighted by molar-refractivity contribution is 0.0673. The normalized spacial score (nSPS) is 16.9. The van der Waals surface area contributed by atoms with E-state index in [2.05, 4.69) is 27.8 Å². The maximum atomic E-state index is 9.97. The molecule has 2 rings (SSSR count). The fourth-order valence-corrected chi connectivity index (χ4v) is 2.29. The zero-order valence-corrected chi connectivity index (χ0v) is 12.3. The van der Waals surface area contributed by atoms with E-state index in [0.717, 1.165) is 16.8 Å². The number of rotatable bonds is 7. The predicted molar refractivity (Wildman–Crippen MR) is 75.9 cm³/mol. The molecule has 0 amide bonds. The first kappa shape index (κ1) is 13.8. The highest BCUT2D eigenvalue weighted by Crippen LogP contribution is 2.26. The molecule has 0 spiro atoms. The number of ether oxygens (including phenoxy) is 1. The van der Waals surface area contributed by atoms with E-state index in [1.54, 1.807) is 0 Å². The van der Waals surface area contributed by atoms with Gasteiger partial charge >= 0.3 is 0 Å². The Kier molecular flexibility index (Phi) is 5.03. The van der Waals surface area contributed by atoms with Crippen molar-refractivity contribution in [3.63, 3.8) is 0 Å². The van der Waals surface area contributed by atoms with Crippen molar-refractivity contribution in [3.8, 4) is 5.75 Å². The summed E-state index contributed by atoms with van der Waals surface area (Å²) in [5.74, 6) is 0.798. The molecule has 0 heterocycles. The van der Waals surface area contributed by atoms with Crippen molar-refractivity contribution in [1.29, 1.82) is 0 Å². The van der Waals surface area contributed by atoms with Gasteiger partial charge in [0.05, 0.1) is 0 Å². The second-order valence-electron chi connectivity index (χ2n) is 4.74. The Labute approximate surface area is 117 Å². The van der Waals surface area contributed by atoms with Gasteiger partial charge in [-0.2, -0.15) is 0 Å². The second-order valence-corrected chi connectivity index (χ2v) is 5.65. The van der Waals surface area contributed by atoms with Gasteiger partial charge in [-0.15, -0.1) is 0 Å². The Morgan fingerprint density at radius 1 is 1.39 bits per heavy atom. The van der Waals surface area contributed by atoms with E-state index in [9.17, 15) is 5.11 Å². The van der Waals surface area contributed by atoms with Crippen molar-refractivity contribution in [2.75, 3.05) is 19.7 Å². The molecule has 0 saturated heterocycles. The molecule has 1 aromatic rings. The van der Waals surface area contributed by atoms with Crippen molar-refractivity contribution in [3.05, 3.63) is 28.7 Å². The molecule has 4 heteroatoms. The van der Waals surface area contributed by atoms with E-state index in [0.29, 0.717) is 19.2 Å². The summed E-state index contributed by atoms with van der Waals surface area (Å²) in [6.07, 6.45) is 2.12. The number of aliphatic hydroxyl groups excluding tert-OH is 1. The molecule has 1 atom stereocenters. The smallest absolute Gasteiger partial charge is 0.119 e. The Balaban J connectivity index is 1.73. The molecule has 1 unspecified atom stereocenters. The number of hydrogen-bond acceptors (Lipinski definition) is 3. The molecule has 3 nitrogen and oxygen atoms in total. The van der Waals surface area contributed by atoms with Gasteiger partial charge in [-0.05, 0) is 43.7 Å². The van der Waals surface area contributed by atoms with Crippen LogP contribution in [0.25, 0.3) is 0 Å². The van der Waals surface area contributed by atoms with Gasteiger partial charge in [0.1, 0.15) is 18.5 Å². The number of aliphatic hydroxyl groups is 1. The Bertz CT molecular complexity index is 365. The molecule has 18 heavy (non-hydrogen) atoms. The maximum Gasteiger partial charge on any atom is 0.119 e. The van der Waals surface area contributed by atoms with Gasteiger partial charge < -0.3 is 9.84 Å². The summed E-state index contributed by atoms with van der Waals surface area (Å²) in [7, 11) is 0. The Morgan fingerprint density at radius 3 is 2.61 bits per heavy atom. The molecule has 1 fully saturated rings. The topological polar surface area (TPSA) is 32.7 Å². The van der Waals surface area contributed by atoms with Gasteiger partial charge in [0.25, 0.3) is 0 Å². The zero-order valence-electron chi connectivity index (χ0n) is 10.7. The highest BCUT2D eigenvalue weighted by Gasteiger charge is 2.28. The highest BCUT2D eigenvalue weighted by atomic mass is 79.9. The summed E-state index contributed by atoms with van der Waals surface area (Å²) in [5, 5.41) is 9.97. The average Bonchev–Trinajstić information content (AvgIpc) is 3.19. The lowest BCUT2D eigenvalue weighted by Gasteiger charge is -2.23. The predicted octanol–water partition coefficient (Wildman–Crippen LogP) is 2.67. The summed E-state index contributed by atoms with van der Waals surface area (Å²) >= 11 is 3.38. The van der Waals surface area contributed by atoms with Crippen LogP contribution >= 0.6 is 15.9 Å². The Morgan fingerprint density at radius 2 is 2.06 bits per heavy atom. The third-order valence-corrected chi connectivity index (χ3v) is 3.70. The fraction of sp³-hybridized carbons (Fsp3) is 0.571. The minimum Gasteiger partial charge on any atom is -0.491 e. The number of likely N-dealkylation sites (N-methyl/N-ethyl adjacent to an activating group) is 1. The monoisotopic (exact) mass is 313 g/mol. The summed E-state index contributed by atoms with van der Waals surface area (Å²) in [6, 6.07) is 8.36. The molecule has 1 aromatic carbocycles. The standard InChI is InChI=1S/C14H20BrNO2/c1-2-16(12-5-6-12)9-13(17)10-18-14-7-3-11(15)4-8-14/h3-4,7-8,12-13,17H,2,5-6,9-10H2,1H3. The van der Waals surface area contributed by atoms with E-state index >= 15 is 0 Å². The first-order valence-electron chi connectivity index (χ1n) is 6.49. The molecule has 0 radical (unpaired) electrons. The first-order chi connectivity index (χ1) is 8.69. The lowest BCUT2D eigenvalue weighted by atomic mass is 10.3. The minimum absolute atomic E-state index is 0.352. The SMILES string of the molecule is CCN(CC(O)COc1ccc(Br)cc1)C1CC1. The molecule has 100 valence electrons. The summed E-state index contributed by atoms with van der Waals surface area (Å²) < 4.78 is 6.60. The van der Waals surface area contributed by atoms with E-state index in [1.807, 2.05) is 24.3 Å². The molecule has 1 saturated carbocycles. The molecule has 0 aromatic heterocycles. The molecule has 1 aliphatic rings. The van der Waals surface area contributed by atoms with Crippen LogP contribution in [0.5, 0.6) is 5.75 Å². The van der Waals surface area contributed by atoms with Crippen LogP contribution in [0.4, 0.5) is 0 Å². The van der Waals surface area contributed by atoms with Crippen LogP contribution in [-0.2, 0) is 0 Å². The van der Waals surface area contributed by atoms with Gasteiger partial charge in [-0.25, -0.2) is 0 Å². The number of hydrogen-bond donors (Lipinski definition) is 1. The van der Waals surface area contributed by atoms with E-state index in [-0.39, 0.29) is 0 Å². The third-order valence-electron chi connectivity index (χ3n) is 3.17. The lowest BCUT2D eigenvalue weighted by Crippen LogP contribution is -2.36. The van der Waals surface area contributed by atoms with Gasteiger partial charge in [-0.1, -0.05) is 22.9 Å². The Hall–Kier alpha value is -0.580. The highest BCUT2D eigenvalue weighted by molar-refractivity contribution is 9.10. The molecular formula is C14H20BrNO2. The average molecular weight is 314 g/mol. The first-order valence-corrected chi connectivity index (χ1v) is 7.29. The zero-order chi connectivity index (χ0) is 13.0. The van der Waals surface area contributed by atoms with Gasteiger partial charge in [0.15, 0.2) is 0 Å². The molecular weight excluding hydrogens is 294 g/mol. The van der Waals surface area contributed by atoms with Crippen molar-refractivity contribution in [1.82, 2.24) is 4.90 Å². The van der Waals surface area contributed by atoms with E-state index < -0.39 is 6.10 Å². The van der Waals surface area contributed by atoms with Crippen molar-refractivity contribution in [2.24, 2.45) is 0 Å². The quantitative estimate of drug-likeness (QED) is 0.840. The number of nitrogens with zero attached hydrogens (tertiary/aromatic N) is 1. The van der Waals surface area contributed by atoms with Crippen LogP contribution in [0.2, 0.25) is 0 Å². The van der Waals surface area contributed by atoms with Crippen molar-refractivity contribution < 1.29 is 9.84 Å². The summed E-state index contributed by atoms with van der Waals surface area (Å²) in [6.45, 7) is 4.20. The van der Waals surface area contributed by atoms with Gasteiger partial charge in [0.2, 0.25) is 0 Å². The molecule has 1 N–H and O–H groups in total. The van der Waals surface area contributed by atoms with Crippen LogP contribution in [0.3, 0.4) is 0 Å². The maximum absolute atomic E-state index is 9.97. The molecule has 0 aliphatic heterocycles. The van der Waals surface area contributed by atoms with Gasteiger partial charge in [0, 0.05) is 17.1 Å². The minimum atomic E-state index is -0.422. The fourth-order valence-electron chi connectivity index (χ4n) is 2.02. The largest absolute Gasteiger partial charge is 0.491 e. The molecule has 1 aliphatic carbocycles. The van der Waals surface area contributed by atoms with Crippen LogP contribution in [0.15, 0.2) is 28.7 Å². The van der Waals surface area contributed by atoms with Crippen molar-refractivity contribution >= 4 is 15.9 Å². The summed E-state index contributed by atoms with van der Waals surface area (Å²) in [4.78, 5) is 2.33. The van der Waals surface area contributed by atoms with Gasteiger partial charge in [-0.3, -0.25) is 4.90 Å². The van der Waals surface area contributed by atoms with Crippen LogP contribution < -0.4 is 4.74 Å². The number of benzene rings is 1. The molecule has 0 bridgehead atoms. The van der Waals surface area contributed by atoms with E-state index in [4.69, 9.17) is 4.74 Å². The second kappa shape index (κ2) is 6.55. The van der Waals surface area contributed by atoms with Crippen LogP contribution in [-0.4, -0.2) is 41.8 Å². The van der Waals surface area contributed by atoms with Crippen LogP contribution in [0.1, 0.15) is 19.8 Å². The summed E-state index contributed by atoms with van der Waals surface area (Å²) in [5.41, 5.74) is 0. The number of halogens is 1. The third kappa shape index (κ3) is 4.26. The van der Waals surface area contributed by atoms with Crippen LogP contribution in [0, 0.1) is 0 Å². The van der Waals surface area contributed by atoms with E-state index in [1.165, 1.54) is 12.8 Å².